The van der Waals surface area contributed by atoms with Crippen LogP contribution in [0.1, 0.15) is 46.1 Å². The van der Waals surface area contributed by atoms with E-state index in [1.807, 2.05) is 6.92 Å². The van der Waals surface area contributed by atoms with Gasteiger partial charge in [0, 0.05) is 6.54 Å². The highest BCUT2D eigenvalue weighted by molar-refractivity contribution is 9.10. The second kappa shape index (κ2) is 8.68. The summed E-state index contributed by atoms with van der Waals surface area (Å²) in [6, 6.07) is 6.41. The van der Waals surface area contributed by atoms with E-state index in [9.17, 15) is 0 Å². The summed E-state index contributed by atoms with van der Waals surface area (Å²) in [6.45, 7) is 11.8. The second-order valence-electron chi connectivity index (χ2n) is 6.04. The highest BCUT2D eigenvalue weighted by Crippen LogP contribution is 2.28. The van der Waals surface area contributed by atoms with Gasteiger partial charge in [0.1, 0.15) is 5.75 Å². The molecule has 0 unspecified atom stereocenters. The fourth-order valence-corrected chi connectivity index (χ4v) is 2.69. The summed E-state index contributed by atoms with van der Waals surface area (Å²) < 4.78 is 6.60. The molecule has 0 saturated carbocycles. The maximum atomic E-state index is 5.55. The predicted octanol–water partition coefficient (Wildman–Crippen LogP) is 4.81. The van der Waals surface area contributed by atoms with Gasteiger partial charge in [-0.15, -0.1) is 0 Å². The first kappa shape index (κ1) is 17.5. The van der Waals surface area contributed by atoms with Gasteiger partial charge in [0.05, 0.1) is 11.1 Å². The Labute approximate surface area is 132 Å². The van der Waals surface area contributed by atoms with Crippen LogP contribution >= 0.6 is 15.9 Å². The molecule has 0 heterocycles. The number of ether oxygens (including phenoxy) is 1. The molecule has 1 N–H and O–H groups in total. The standard InChI is InChI=1S/C17H28BrNO/c1-5-11-19-13-17(3,4)10-9-14-7-8-16(20-6-2)15(18)12-14/h7-8,12,19H,5-6,9-11,13H2,1-4H3. The monoisotopic (exact) mass is 341 g/mol. The molecule has 0 aliphatic carbocycles. The van der Waals surface area contributed by atoms with E-state index < -0.39 is 0 Å². The molecule has 3 heteroatoms. The summed E-state index contributed by atoms with van der Waals surface area (Å²) >= 11 is 3.58. The molecule has 0 fully saturated rings. The van der Waals surface area contributed by atoms with Gasteiger partial charge in [0.2, 0.25) is 0 Å². The molecule has 0 bridgehead atoms. The van der Waals surface area contributed by atoms with E-state index >= 15 is 0 Å². The third-order valence-corrected chi connectivity index (χ3v) is 4.04. The highest BCUT2D eigenvalue weighted by Gasteiger charge is 2.17. The third-order valence-electron chi connectivity index (χ3n) is 3.42. The molecule has 1 aromatic carbocycles. The minimum Gasteiger partial charge on any atom is -0.493 e. The third kappa shape index (κ3) is 6.27. The van der Waals surface area contributed by atoms with Crippen LogP contribution in [0.2, 0.25) is 0 Å². The molecule has 2 nitrogen and oxygen atoms in total. The normalized spacial score (nSPS) is 11.7. The summed E-state index contributed by atoms with van der Waals surface area (Å²) in [5.74, 6) is 0.931. The Balaban J connectivity index is 2.50. The van der Waals surface area contributed by atoms with Crippen molar-refractivity contribution >= 4 is 15.9 Å². The molecular weight excluding hydrogens is 314 g/mol. The second-order valence-corrected chi connectivity index (χ2v) is 6.89. The van der Waals surface area contributed by atoms with E-state index in [0.29, 0.717) is 12.0 Å². The molecule has 1 aromatic rings. The fourth-order valence-electron chi connectivity index (χ4n) is 2.15. The fraction of sp³-hybridized carbons (Fsp3) is 0.647. The number of halogens is 1. The number of rotatable bonds is 9. The first-order chi connectivity index (χ1) is 9.48. The van der Waals surface area contributed by atoms with Crippen molar-refractivity contribution in [3.63, 3.8) is 0 Å². The topological polar surface area (TPSA) is 21.3 Å². The lowest BCUT2D eigenvalue weighted by Gasteiger charge is -2.25. The molecule has 0 radical (unpaired) electrons. The van der Waals surface area contributed by atoms with E-state index in [2.05, 4.69) is 60.2 Å². The van der Waals surface area contributed by atoms with Crippen molar-refractivity contribution < 1.29 is 4.74 Å². The van der Waals surface area contributed by atoms with Crippen molar-refractivity contribution in [1.29, 1.82) is 0 Å². The van der Waals surface area contributed by atoms with E-state index in [-0.39, 0.29) is 0 Å². The van der Waals surface area contributed by atoms with Crippen LogP contribution in [0.5, 0.6) is 5.75 Å². The van der Waals surface area contributed by atoms with Crippen molar-refractivity contribution in [2.24, 2.45) is 5.41 Å². The van der Waals surface area contributed by atoms with E-state index in [4.69, 9.17) is 4.74 Å². The molecular formula is C17H28BrNO. The molecule has 0 aromatic heterocycles. The first-order valence-corrected chi connectivity index (χ1v) is 8.39. The van der Waals surface area contributed by atoms with E-state index in [1.165, 1.54) is 18.4 Å². The summed E-state index contributed by atoms with van der Waals surface area (Å²) in [5.41, 5.74) is 1.70. The van der Waals surface area contributed by atoms with Crippen LogP contribution in [0.3, 0.4) is 0 Å². The van der Waals surface area contributed by atoms with Crippen LogP contribution in [-0.4, -0.2) is 19.7 Å². The Morgan fingerprint density at radius 2 is 2.00 bits per heavy atom. The van der Waals surface area contributed by atoms with Gasteiger partial charge in [0.15, 0.2) is 0 Å². The maximum Gasteiger partial charge on any atom is 0.133 e. The minimum absolute atomic E-state index is 0.334. The van der Waals surface area contributed by atoms with Crippen LogP contribution in [0, 0.1) is 5.41 Å². The lowest BCUT2D eigenvalue weighted by atomic mass is 9.86. The van der Waals surface area contributed by atoms with Gasteiger partial charge in [-0.2, -0.15) is 0 Å². The molecule has 0 amide bonds. The average Bonchev–Trinajstić information content (AvgIpc) is 2.40. The van der Waals surface area contributed by atoms with E-state index in [0.717, 1.165) is 29.7 Å². The summed E-state index contributed by atoms with van der Waals surface area (Å²) in [6.07, 6.45) is 3.48. The lowest BCUT2D eigenvalue weighted by molar-refractivity contribution is 0.315. The number of aryl methyl sites for hydroxylation is 1. The lowest BCUT2D eigenvalue weighted by Crippen LogP contribution is -2.30. The van der Waals surface area contributed by atoms with Crippen LogP contribution in [0.4, 0.5) is 0 Å². The molecule has 114 valence electrons. The molecule has 0 atom stereocenters. The smallest absolute Gasteiger partial charge is 0.133 e. The van der Waals surface area contributed by atoms with Gasteiger partial charge in [-0.25, -0.2) is 0 Å². The largest absolute Gasteiger partial charge is 0.493 e. The average molecular weight is 342 g/mol. The Hall–Kier alpha value is -0.540. The summed E-state index contributed by atoms with van der Waals surface area (Å²) in [5, 5.41) is 3.52. The van der Waals surface area contributed by atoms with Crippen LogP contribution in [0.15, 0.2) is 22.7 Å². The Bertz CT molecular complexity index is 404. The Morgan fingerprint density at radius 3 is 2.60 bits per heavy atom. The van der Waals surface area contributed by atoms with Gasteiger partial charge >= 0.3 is 0 Å². The molecule has 0 aliphatic rings. The quantitative estimate of drug-likeness (QED) is 0.651. The molecule has 20 heavy (non-hydrogen) atoms. The highest BCUT2D eigenvalue weighted by atomic mass is 79.9. The van der Waals surface area contributed by atoms with Gasteiger partial charge in [-0.3, -0.25) is 0 Å². The zero-order chi connectivity index (χ0) is 15.0. The number of hydrogen-bond acceptors (Lipinski definition) is 2. The van der Waals surface area contributed by atoms with Gasteiger partial charge in [-0.05, 0) is 71.8 Å². The molecule has 0 saturated heterocycles. The van der Waals surface area contributed by atoms with Crippen molar-refractivity contribution in [2.75, 3.05) is 19.7 Å². The summed E-state index contributed by atoms with van der Waals surface area (Å²) in [7, 11) is 0. The van der Waals surface area contributed by atoms with Gasteiger partial charge in [-0.1, -0.05) is 26.8 Å². The Morgan fingerprint density at radius 1 is 1.25 bits per heavy atom. The van der Waals surface area contributed by atoms with Gasteiger partial charge in [0.25, 0.3) is 0 Å². The minimum atomic E-state index is 0.334. The van der Waals surface area contributed by atoms with Crippen LogP contribution in [0.25, 0.3) is 0 Å². The Kier molecular flexibility index (Phi) is 7.60. The number of nitrogens with one attached hydrogen (secondary N) is 1. The van der Waals surface area contributed by atoms with Crippen molar-refractivity contribution in [2.45, 2.75) is 47.0 Å². The maximum absolute atomic E-state index is 5.55. The van der Waals surface area contributed by atoms with Crippen molar-refractivity contribution in [3.05, 3.63) is 28.2 Å². The predicted molar refractivity (Wildman–Crippen MR) is 90.6 cm³/mol. The number of hydrogen-bond donors (Lipinski definition) is 1. The van der Waals surface area contributed by atoms with Crippen molar-refractivity contribution in [3.8, 4) is 5.75 Å². The first-order valence-electron chi connectivity index (χ1n) is 7.60. The SMILES string of the molecule is CCCNCC(C)(C)CCc1ccc(OCC)c(Br)c1. The molecule has 0 spiro atoms. The number of benzene rings is 1. The zero-order valence-electron chi connectivity index (χ0n) is 13.3. The molecule has 1 rings (SSSR count). The molecule has 0 aliphatic heterocycles. The van der Waals surface area contributed by atoms with Crippen molar-refractivity contribution in [1.82, 2.24) is 5.32 Å². The van der Waals surface area contributed by atoms with Crippen LogP contribution in [-0.2, 0) is 6.42 Å². The zero-order valence-corrected chi connectivity index (χ0v) is 14.8. The summed E-state index contributed by atoms with van der Waals surface area (Å²) in [4.78, 5) is 0. The van der Waals surface area contributed by atoms with Gasteiger partial charge < -0.3 is 10.1 Å². The van der Waals surface area contributed by atoms with Crippen LogP contribution < -0.4 is 10.1 Å². The van der Waals surface area contributed by atoms with E-state index in [1.54, 1.807) is 0 Å².